The second-order valence-electron chi connectivity index (χ2n) is 5.85. The van der Waals surface area contributed by atoms with Crippen LogP contribution >= 0.6 is 0 Å². The average Bonchev–Trinajstić information content (AvgIpc) is 2.92. The van der Waals surface area contributed by atoms with Crippen molar-refractivity contribution in [2.45, 2.75) is 13.3 Å². The van der Waals surface area contributed by atoms with Crippen LogP contribution in [0.5, 0.6) is 11.5 Å². The average molecular weight is 350 g/mol. The molecule has 2 aromatic rings. The van der Waals surface area contributed by atoms with Crippen molar-refractivity contribution in [3.63, 3.8) is 0 Å². The van der Waals surface area contributed by atoms with E-state index in [0.717, 1.165) is 10.6 Å². The molecule has 132 valence electrons. The highest BCUT2D eigenvalue weighted by Gasteiger charge is 2.32. The molecule has 6 heteroatoms. The van der Waals surface area contributed by atoms with E-state index in [2.05, 4.69) is 5.10 Å². The number of hydrogen-bond acceptors (Lipinski definition) is 5. The van der Waals surface area contributed by atoms with Gasteiger partial charge in [0.1, 0.15) is 0 Å². The van der Waals surface area contributed by atoms with E-state index in [1.54, 1.807) is 25.1 Å². The van der Waals surface area contributed by atoms with E-state index in [9.17, 15) is 14.7 Å². The Morgan fingerprint density at radius 1 is 1.23 bits per heavy atom. The van der Waals surface area contributed by atoms with Gasteiger partial charge in [-0.25, -0.2) is 0 Å². The van der Waals surface area contributed by atoms with Crippen LogP contribution in [0.2, 0.25) is 0 Å². The van der Waals surface area contributed by atoms with Crippen molar-refractivity contribution < 1.29 is 19.4 Å². The highest BCUT2D eigenvalue weighted by Crippen LogP contribution is 2.28. The Kier molecular flexibility index (Phi) is 4.84. The third-order valence-corrected chi connectivity index (χ3v) is 4.01. The lowest BCUT2D eigenvalue weighted by molar-refractivity contribution is -0.141. The van der Waals surface area contributed by atoms with Gasteiger partial charge in [0.25, 0.3) is 11.8 Å². The van der Waals surface area contributed by atoms with Crippen LogP contribution < -0.4 is 4.74 Å². The SMILES string of the molecule is COc1cc(/C=C2/C(=O)N(C(=O)Cc3ccccc3)N=C2C)ccc1O. The molecule has 0 aliphatic carbocycles. The summed E-state index contributed by atoms with van der Waals surface area (Å²) in [5, 5.41) is 14.7. The number of phenolic OH excluding ortho intramolecular Hbond substituents is 1. The van der Waals surface area contributed by atoms with Crippen molar-refractivity contribution in [1.29, 1.82) is 0 Å². The summed E-state index contributed by atoms with van der Waals surface area (Å²) in [5.74, 6) is -0.531. The highest BCUT2D eigenvalue weighted by molar-refractivity contribution is 6.29. The largest absolute Gasteiger partial charge is 0.504 e. The number of phenols is 1. The summed E-state index contributed by atoms with van der Waals surface area (Å²) >= 11 is 0. The van der Waals surface area contributed by atoms with Gasteiger partial charge in [-0.1, -0.05) is 36.4 Å². The number of carbonyl (C=O) groups is 2. The zero-order valence-electron chi connectivity index (χ0n) is 14.5. The van der Waals surface area contributed by atoms with Gasteiger partial charge in [-0.05, 0) is 36.3 Å². The van der Waals surface area contributed by atoms with Crippen LogP contribution in [-0.4, -0.2) is 34.8 Å². The maximum Gasteiger partial charge on any atom is 0.283 e. The number of carbonyl (C=O) groups excluding carboxylic acids is 2. The molecule has 2 amide bonds. The molecule has 0 saturated heterocycles. The lowest BCUT2D eigenvalue weighted by atomic mass is 10.1. The third-order valence-electron chi connectivity index (χ3n) is 4.01. The molecule has 0 saturated carbocycles. The van der Waals surface area contributed by atoms with E-state index in [4.69, 9.17) is 4.74 Å². The molecule has 0 aromatic heterocycles. The molecule has 1 N–H and O–H groups in total. The van der Waals surface area contributed by atoms with E-state index in [1.807, 2.05) is 30.3 Å². The van der Waals surface area contributed by atoms with Gasteiger partial charge in [0, 0.05) is 0 Å². The molecular weight excluding hydrogens is 332 g/mol. The lowest BCUT2D eigenvalue weighted by Crippen LogP contribution is -2.30. The summed E-state index contributed by atoms with van der Waals surface area (Å²) < 4.78 is 5.07. The number of aromatic hydroxyl groups is 1. The van der Waals surface area contributed by atoms with E-state index in [-0.39, 0.29) is 18.1 Å². The van der Waals surface area contributed by atoms with Gasteiger partial charge in [-0.3, -0.25) is 9.59 Å². The van der Waals surface area contributed by atoms with Gasteiger partial charge in [0.15, 0.2) is 11.5 Å². The molecule has 0 bridgehead atoms. The van der Waals surface area contributed by atoms with E-state index in [0.29, 0.717) is 22.6 Å². The predicted molar refractivity (Wildman–Crippen MR) is 97.7 cm³/mol. The van der Waals surface area contributed by atoms with Crippen LogP contribution in [0.25, 0.3) is 6.08 Å². The van der Waals surface area contributed by atoms with Crippen LogP contribution in [0, 0.1) is 0 Å². The standard InChI is InChI=1S/C20H18N2O4/c1-13-16(10-15-8-9-17(23)18(11-15)26-2)20(25)22(21-13)19(24)12-14-6-4-3-5-7-14/h3-11,23H,12H2,1-2H3/b16-10+. The summed E-state index contributed by atoms with van der Waals surface area (Å²) in [6, 6.07) is 13.9. The van der Waals surface area contributed by atoms with E-state index < -0.39 is 5.91 Å². The molecular formula is C20H18N2O4. The van der Waals surface area contributed by atoms with Crippen LogP contribution in [0.3, 0.4) is 0 Å². The molecule has 0 atom stereocenters. The Morgan fingerprint density at radius 2 is 1.96 bits per heavy atom. The van der Waals surface area contributed by atoms with Gasteiger partial charge < -0.3 is 9.84 Å². The summed E-state index contributed by atoms with van der Waals surface area (Å²) in [6.07, 6.45) is 1.72. The fourth-order valence-corrected chi connectivity index (χ4v) is 2.65. The van der Waals surface area contributed by atoms with E-state index >= 15 is 0 Å². The van der Waals surface area contributed by atoms with E-state index in [1.165, 1.54) is 13.2 Å². The minimum Gasteiger partial charge on any atom is -0.504 e. The van der Waals surface area contributed by atoms with Gasteiger partial charge in [0.2, 0.25) is 0 Å². The Labute approximate surface area is 151 Å². The van der Waals surface area contributed by atoms with Gasteiger partial charge in [-0.2, -0.15) is 10.1 Å². The van der Waals surface area contributed by atoms with Crippen molar-refractivity contribution in [2.75, 3.05) is 7.11 Å². The van der Waals surface area contributed by atoms with Crippen LogP contribution in [0.15, 0.2) is 59.2 Å². The van der Waals surface area contributed by atoms with Crippen molar-refractivity contribution in [3.8, 4) is 11.5 Å². The molecule has 1 aliphatic heterocycles. The minimum atomic E-state index is -0.463. The number of methoxy groups -OCH3 is 1. The second-order valence-corrected chi connectivity index (χ2v) is 5.85. The van der Waals surface area contributed by atoms with Crippen molar-refractivity contribution >= 4 is 23.6 Å². The number of ether oxygens (including phenoxy) is 1. The van der Waals surface area contributed by atoms with Gasteiger partial charge >= 0.3 is 0 Å². The zero-order chi connectivity index (χ0) is 18.7. The molecule has 2 aromatic carbocycles. The molecule has 1 heterocycles. The Bertz CT molecular complexity index is 917. The topological polar surface area (TPSA) is 79.2 Å². The number of rotatable bonds is 4. The number of hydrazone groups is 1. The van der Waals surface area contributed by atoms with Crippen molar-refractivity contribution in [3.05, 3.63) is 65.2 Å². The molecule has 6 nitrogen and oxygen atoms in total. The fourth-order valence-electron chi connectivity index (χ4n) is 2.65. The normalized spacial score (nSPS) is 15.3. The summed E-state index contributed by atoms with van der Waals surface area (Å²) in [6.45, 7) is 1.68. The first kappa shape index (κ1) is 17.4. The maximum atomic E-state index is 12.6. The van der Waals surface area contributed by atoms with Crippen LogP contribution in [0.1, 0.15) is 18.1 Å². The summed E-state index contributed by atoms with van der Waals surface area (Å²) in [7, 11) is 1.45. The zero-order valence-corrected chi connectivity index (χ0v) is 14.5. The highest BCUT2D eigenvalue weighted by atomic mass is 16.5. The molecule has 3 rings (SSSR count). The predicted octanol–water partition coefficient (Wildman–Crippen LogP) is 2.77. The maximum absolute atomic E-state index is 12.6. The summed E-state index contributed by atoms with van der Waals surface area (Å²) in [5.41, 5.74) is 2.27. The van der Waals surface area contributed by atoms with Gasteiger partial charge in [-0.15, -0.1) is 0 Å². The summed E-state index contributed by atoms with van der Waals surface area (Å²) in [4.78, 5) is 25.0. The molecule has 0 unspecified atom stereocenters. The third kappa shape index (κ3) is 3.49. The quantitative estimate of drug-likeness (QED) is 0.860. The Morgan fingerprint density at radius 3 is 2.65 bits per heavy atom. The van der Waals surface area contributed by atoms with Crippen molar-refractivity contribution in [1.82, 2.24) is 5.01 Å². The first-order chi connectivity index (χ1) is 12.5. The van der Waals surface area contributed by atoms with Crippen molar-refractivity contribution in [2.24, 2.45) is 5.10 Å². The molecule has 0 spiro atoms. The molecule has 0 fully saturated rings. The number of amides is 2. The molecule has 0 radical (unpaired) electrons. The van der Waals surface area contributed by atoms with Crippen LogP contribution in [-0.2, 0) is 16.0 Å². The smallest absolute Gasteiger partial charge is 0.283 e. The fraction of sp³-hybridized carbons (Fsp3) is 0.150. The number of benzene rings is 2. The van der Waals surface area contributed by atoms with Gasteiger partial charge in [0.05, 0.1) is 24.8 Å². The number of imide groups is 1. The second kappa shape index (κ2) is 7.23. The molecule has 1 aliphatic rings. The Balaban J connectivity index is 1.82. The number of hydrogen-bond donors (Lipinski definition) is 1. The Hall–Kier alpha value is -3.41. The molecule has 26 heavy (non-hydrogen) atoms. The minimum absolute atomic E-state index is 0.0115. The number of nitrogens with zero attached hydrogens (tertiary/aromatic N) is 2. The van der Waals surface area contributed by atoms with Crippen LogP contribution in [0.4, 0.5) is 0 Å². The monoisotopic (exact) mass is 350 g/mol. The lowest BCUT2D eigenvalue weighted by Gasteiger charge is -2.10. The first-order valence-corrected chi connectivity index (χ1v) is 8.05. The first-order valence-electron chi connectivity index (χ1n) is 8.05.